The van der Waals surface area contributed by atoms with Gasteiger partial charge < -0.3 is 19.6 Å². The third-order valence-electron chi connectivity index (χ3n) is 5.21. The molecule has 1 aromatic carbocycles. The molecule has 1 aliphatic heterocycles. The van der Waals surface area contributed by atoms with E-state index in [-0.39, 0.29) is 0 Å². The summed E-state index contributed by atoms with van der Waals surface area (Å²) >= 11 is 0. The van der Waals surface area contributed by atoms with Crippen LogP contribution in [0.1, 0.15) is 22.6 Å². The molecule has 0 atom stereocenters. The number of nitrogens with zero attached hydrogens (tertiary/aromatic N) is 5. The topological polar surface area (TPSA) is 70.3 Å². The van der Waals surface area contributed by atoms with Crippen LogP contribution in [0.25, 0.3) is 0 Å². The van der Waals surface area contributed by atoms with E-state index in [1.807, 2.05) is 26.0 Å². The largest absolute Gasteiger partial charge is 0.368 e. The van der Waals surface area contributed by atoms with Crippen LogP contribution in [-0.4, -0.2) is 41.3 Å². The number of hydrogen-bond donors (Lipinski definition) is 1. The third-order valence-corrected chi connectivity index (χ3v) is 5.21. The first-order valence-corrected chi connectivity index (χ1v) is 9.62. The molecular weight excluding hydrogens is 352 g/mol. The van der Waals surface area contributed by atoms with Crippen LogP contribution in [0.3, 0.4) is 0 Å². The first-order chi connectivity index (χ1) is 13.5. The van der Waals surface area contributed by atoms with Gasteiger partial charge in [0.25, 0.3) is 0 Å². The van der Waals surface area contributed by atoms with Crippen molar-refractivity contribution < 1.29 is 4.52 Å². The van der Waals surface area contributed by atoms with Gasteiger partial charge in [0.2, 0.25) is 5.95 Å². The number of benzene rings is 1. The minimum Gasteiger partial charge on any atom is -0.368 e. The van der Waals surface area contributed by atoms with Gasteiger partial charge in [-0.3, -0.25) is 0 Å². The molecule has 28 heavy (non-hydrogen) atoms. The Labute approximate surface area is 165 Å². The normalized spacial score (nSPS) is 14.4. The van der Waals surface area contributed by atoms with Crippen molar-refractivity contribution in [3.8, 4) is 0 Å². The van der Waals surface area contributed by atoms with Gasteiger partial charge in [0, 0.05) is 49.7 Å². The van der Waals surface area contributed by atoms with E-state index in [0.29, 0.717) is 5.82 Å². The lowest BCUT2D eigenvalue weighted by molar-refractivity contribution is 0.400. The second kappa shape index (κ2) is 7.50. The van der Waals surface area contributed by atoms with Crippen molar-refractivity contribution >= 4 is 23.3 Å². The Morgan fingerprint density at radius 1 is 0.893 bits per heavy atom. The summed E-state index contributed by atoms with van der Waals surface area (Å²) in [6, 6.07) is 10.3. The van der Waals surface area contributed by atoms with Crippen LogP contribution in [0.5, 0.6) is 0 Å². The van der Waals surface area contributed by atoms with Gasteiger partial charge >= 0.3 is 0 Å². The molecule has 1 N–H and O–H groups in total. The number of nitrogens with one attached hydrogen (secondary N) is 1. The second-order valence-corrected chi connectivity index (χ2v) is 7.34. The molecule has 0 radical (unpaired) electrons. The van der Waals surface area contributed by atoms with E-state index in [0.717, 1.165) is 49.4 Å². The minimum absolute atomic E-state index is 0.654. The number of rotatable bonds is 4. The molecule has 0 spiro atoms. The highest BCUT2D eigenvalue weighted by Gasteiger charge is 2.21. The molecule has 1 saturated heterocycles. The van der Waals surface area contributed by atoms with E-state index in [4.69, 9.17) is 9.51 Å². The molecule has 7 heteroatoms. The van der Waals surface area contributed by atoms with Crippen molar-refractivity contribution in [1.82, 2.24) is 15.1 Å². The monoisotopic (exact) mass is 378 g/mol. The lowest BCUT2D eigenvalue weighted by Gasteiger charge is -2.37. The molecule has 7 nitrogen and oxygen atoms in total. The number of hydrogen-bond acceptors (Lipinski definition) is 7. The molecule has 0 unspecified atom stereocenters. The van der Waals surface area contributed by atoms with Gasteiger partial charge in [0.15, 0.2) is 5.82 Å². The zero-order valence-corrected chi connectivity index (χ0v) is 16.9. The van der Waals surface area contributed by atoms with Crippen molar-refractivity contribution in [3.05, 3.63) is 52.9 Å². The molecule has 0 amide bonds. The second-order valence-electron chi connectivity index (χ2n) is 7.34. The van der Waals surface area contributed by atoms with E-state index in [9.17, 15) is 0 Å². The molecule has 4 rings (SSSR count). The molecule has 146 valence electrons. The van der Waals surface area contributed by atoms with Crippen LogP contribution in [0.4, 0.5) is 23.3 Å². The number of aromatic nitrogens is 3. The van der Waals surface area contributed by atoms with Crippen molar-refractivity contribution in [2.75, 3.05) is 41.3 Å². The number of aryl methyl sites for hydroxylation is 3. The SMILES string of the molecule is Cc1cc(Nc2cc(C)on2)nc(N2CCN(c3cccc(C)c3C)CC2)n1. The molecule has 2 aromatic heterocycles. The summed E-state index contributed by atoms with van der Waals surface area (Å²) in [5.74, 6) is 2.90. The molecule has 3 heterocycles. The van der Waals surface area contributed by atoms with Crippen molar-refractivity contribution in [3.63, 3.8) is 0 Å². The zero-order chi connectivity index (χ0) is 19.7. The fraction of sp³-hybridized carbons (Fsp3) is 0.381. The molecule has 0 bridgehead atoms. The van der Waals surface area contributed by atoms with Crippen molar-refractivity contribution in [1.29, 1.82) is 0 Å². The Balaban J connectivity index is 1.47. The Hall–Kier alpha value is -3.09. The summed E-state index contributed by atoms with van der Waals surface area (Å²) < 4.78 is 5.11. The van der Waals surface area contributed by atoms with Crippen molar-refractivity contribution in [2.45, 2.75) is 27.7 Å². The maximum atomic E-state index is 5.11. The van der Waals surface area contributed by atoms with Crippen LogP contribution in [0.15, 0.2) is 34.9 Å². The summed E-state index contributed by atoms with van der Waals surface area (Å²) in [7, 11) is 0. The highest BCUT2D eigenvalue weighted by molar-refractivity contribution is 5.58. The molecule has 1 fully saturated rings. The standard InChI is InChI=1S/C21H26N6O/c1-14-6-5-7-18(17(14)4)26-8-10-27(11-9-26)21-22-15(2)12-19(24-21)23-20-13-16(3)28-25-20/h5-7,12-13H,8-11H2,1-4H3,(H,22,23,24,25). The smallest absolute Gasteiger partial charge is 0.227 e. The Bertz CT molecular complexity index is 975. The maximum Gasteiger partial charge on any atom is 0.227 e. The fourth-order valence-corrected chi connectivity index (χ4v) is 3.54. The van der Waals surface area contributed by atoms with Crippen LogP contribution in [-0.2, 0) is 0 Å². The van der Waals surface area contributed by atoms with Gasteiger partial charge in [0.1, 0.15) is 11.6 Å². The average molecular weight is 378 g/mol. The number of anilines is 4. The van der Waals surface area contributed by atoms with Crippen LogP contribution in [0.2, 0.25) is 0 Å². The van der Waals surface area contributed by atoms with Gasteiger partial charge in [-0.15, -0.1) is 0 Å². The van der Waals surface area contributed by atoms with E-state index in [1.165, 1.54) is 16.8 Å². The molecule has 3 aromatic rings. The van der Waals surface area contributed by atoms with E-state index >= 15 is 0 Å². The highest BCUT2D eigenvalue weighted by Crippen LogP contribution is 2.25. The van der Waals surface area contributed by atoms with Gasteiger partial charge in [0.05, 0.1) is 0 Å². The Kier molecular flexibility index (Phi) is 4.90. The summed E-state index contributed by atoms with van der Waals surface area (Å²) in [6.07, 6.45) is 0. The molecular formula is C21H26N6O. The lowest BCUT2D eigenvalue weighted by atomic mass is 10.1. The van der Waals surface area contributed by atoms with E-state index in [1.54, 1.807) is 0 Å². The van der Waals surface area contributed by atoms with E-state index < -0.39 is 0 Å². The molecule has 1 aliphatic rings. The minimum atomic E-state index is 0.654. The molecule has 0 aliphatic carbocycles. The predicted molar refractivity (Wildman–Crippen MR) is 112 cm³/mol. The highest BCUT2D eigenvalue weighted by atomic mass is 16.5. The summed E-state index contributed by atoms with van der Waals surface area (Å²) in [4.78, 5) is 14.0. The first-order valence-electron chi connectivity index (χ1n) is 9.62. The van der Waals surface area contributed by atoms with Gasteiger partial charge in [-0.25, -0.2) is 4.98 Å². The molecule has 0 saturated carbocycles. The summed E-state index contributed by atoms with van der Waals surface area (Å²) in [5, 5.41) is 7.18. The van der Waals surface area contributed by atoms with Crippen LogP contribution < -0.4 is 15.1 Å². The van der Waals surface area contributed by atoms with Gasteiger partial charge in [-0.2, -0.15) is 4.98 Å². The van der Waals surface area contributed by atoms with Gasteiger partial charge in [-0.1, -0.05) is 17.3 Å². The van der Waals surface area contributed by atoms with Gasteiger partial charge in [-0.05, 0) is 44.9 Å². The Morgan fingerprint density at radius 2 is 1.64 bits per heavy atom. The summed E-state index contributed by atoms with van der Waals surface area (Å²) in [6.45, 7) is 11.9. The van der Waals surface area contributed by atoms with E-state index in [2.05, 4.69) is 57.3 Å². The number of piperazine rings is 1. The van der Waals surface area contributed by atoms with Crippen LogP contribution in [0, 0.1) is 27.7 Å². The quantitative estimate of drug-likeness (QED) is 0.741. The third kappa shape index (κ3) is 3.78. The Morgan fingerprint density at radius 3 is 2.36 bits per heavy atom. The van der Waals surface area contributed by atoms with Crippen molar-refractivity contribution in [2.24, 2.45) is 0 Å². The maximum absolute atomic E-state index is 5.11. The summed E-state index contributed by atoms with van der Waals surface area (Å²) in [5.41, 5.74) is 4.94. The average Bonchev–Trinajstić information content (AvgIpc) is 3.08. The predicted octanol–water partition coefficient (Wildman–Crippen LogP) is 3.77. The first kappa shape index (κ1) is 18.3. The fourth-order valence-electron chi connectivity index (χ4n) is 3.54. The zero-order valence-electron chi connectivity index (χ0n) is 16.9. The lowest BCUT2D eigenvalue weighted by Crippen LogP contribution is -2.47. The van der Waals surface area contributed by atoms with Crippen LogP contribution >= 0.6 is 0 Å².